The maximum absolute atomic E-state index is 11.7. The monoisotopic (exact) mass is 310 g/mol. The molecule has 1 saturated carbocycles. The molecule has 2 atom stereocenters. The van der Waals surface area contributed by atoms with Crippen LogP contribution in [0.3, 0.4) is 0 Å². The number of hydrogen-bond acceptors (Lipinski definition) is 3. The van der Waals surface area contributed by atoms with E-state index in [1.807, 2.05) is 18.2 Å². The molecule has 0 unspecified atom stereocenters. The minimum Gasteiger partial charge on any atom is -0.479 e. The van der Waals surface area contributed by atoms with Gasteiger partial charge in [0.05, 0.1) is 0 Å². The van der Waals surface area contributed by atoms with Crippen LogP contribution in [0, 0.1) is 0 Å². The van der Waals surface area contributed by atoms with Gasteiger partial charge in [0.2, 0.25) is 0 Å². The third kappa shape index (κ3) is 2.56. The van der Waals surface area contributed by atoms with Gasteiger partial charge in [0.15, 0.2) is 11.4 Å². The van der Waals surface area contributed by atoms with Crippen molar-refractivity contribution in [2.75, 3.05) is 0 Å². The predicted molar refractivity (Wildman–Crippen MR) is 78.4 cm³/mol. The number of rotatable bonds is 3. The second-order valence-corrected chi connectivity index (χ2v) is 6.44. The lowest BCUT2D eigenvalue weighted by Crippen LogP contribution is -2.46. The Kier molecular flexibility index (Phi) is 3.72. The van der Waals surface area contributed by atoms with E-state index < -0.39 is 23.5 Å². The zero-order chi connectivity index (χ0) is 15.1. The molecular formula is C16H19ClO4. The molecule has 1 saturated heterocycles. The lowest BCUT2D eigenvalue weighted by Gasteiger charge is -2.25. The Morgan fingerprint density at radius 2 is 2.05 bits per heavy atom. The summed E-state index contributed by atoms with van der Waals surface area (Å²) < 4.78 is 12.0. The number of ether oxygens (including phenoxy) is 2. The quantitative estimate of drug-likeness (QED) is 0.929. The molecular weight excluding hydrogens is 292 g/mol. The standard InChI is InChI=1S/C16H19ClO4/c1-15(14(18)19)13(10-11-6-2-3-7-12(11)17)20-16(21-15)8-4-5-9-16/h2-3,6-7,13H,4-5,8-10H2,1H3,(H,18,19)/t13-,15+/m0/s1. The Morgan fingerprint density at radius 3 is 2.67 bits per heavy atom. The number of carboxylic acids is 1. The molecule has 0 bridgehead atoms. The molecule has 21 heavy (non-hydrogen) atoms. The summed E-state index contributed by atoms with van der Waals surface area (Å²) in [6, 6.07) is 7.44. The molecule has 1 aromatic carbocycles. The summed E-state index contributed by atoms with van der Waals surface area (Å²) in [7, 11) is 0. The van der Waals surface area contributed by atoms with Gasteiger partial charge in [-0.1, -0.05) is 29.8 Å². The molecule has 0 radical (unpaired) electrons. The highest BCUT2D eigenvalue weighted by Gasteiger charge is 2.59. The number of benzene rings is 1. The summed E-state index contributed by atoms with van der Waals surface area (Å²) in [5, 5.41) is 10.2. The molecule has 2 fully saturated rings. The Hall–Kier alpha value is -1.10. The summed E-state index contributed by atoms with van der Waals surface area (Å²) in [5.41, 5.74) is -0.445. The van der Waals surface area contributed by atoms with Crippen LogP contribution in [-0.2, 0) is 20.7 Å². The first-order valence-corrected chi connectivity index (χ1v) is 7.68. The van der Waals surface area contributed by atoms with Crippen molar-refractivity contribution in [1.82, 2.24) is 0 Å². The lowest BCUT2D eigenvalue weighted by molar-refractivity contribution is -0.194. The molecule has 1 heterocycles. The van der Waals surface area contributed by atoms with E-state index in [4.69, 9.17) is 21.1 Å². The highest BCUT2D eigenvalue weighted by molar-refractivity contribution is 6.31. The van der Waals surface area contributed by atoms with Gasteiger partial charge in [-0.2, -0.15) is 0 Å². The number of halogens is 1. The third-order valence-corrected chi connectivity index (χ3v) is 4.89. The fraction of sp³-hybridized carbons (Fsp3) is 0.562. The third-order valence-electron chi connectivity index (χ3n) is 4.52. The largest absolute Gasteiger partial charge is 0.479 e. The number of carbonyl (C=O) groups is 1. The normalized spacial score (nSPS) is 30.9. The molecule has 1 aliphatic carbocycles. The molecule has 114 valence electrons. The summed E-state index contributed by atoms with van der Waals surface area (Å²) in [6.07, 6.45) is 3.44. The molecule has 3 rings (SSSR count). The van der Waals surface area contributed by atoms with Crippen LogP contribution >= 0.6 is 11.6 Å². The molecule has 1 spiro atoms. The van der Waals surface area contributed by atoms with Gasteiger partial charge in [-0.05, 0) is 31.4 Å². The summed E-state index contributed by atoms with van der Waals surface area (Å²) >= 11 is 6.18. The molecule has 4 nitrogen and oxygen atoms in total. The molecule has 5 heteroatoms. The average Bonchev–Trinajstić information content (AvgIpc) is 2.99. The minimum atomic E-state index is -1.33. The van der Waals surface area contributed by atoms with E-state index in [2.05, 4.69) is 0 Å². The van der Waals surface area contributed by atoms with Crippen LogP contribution in [-0.4, -0.2) is 28.6 Å². The van der Waals surface area contributed by atoms with E-state index in [0.29, 0.717) is 11.4 Å². The molecule has 2 aliphatic rings. The first kappa shape index (κ1) is 14.8. The van der Waals surface area contributed by atoms with Crippen LogP contribution in [0.1, 0.15) is 38.2 Å². The molecule has 0 aromatic heterocycles. The second-order valence-electron chi connectivity index (χ2n) is 6.03. The van der Waals surface area contributed by atoms with Crippen molar-refractivity contribution < 1.29 is 19.4 Å². The van der Waals surface area contributed by atoms with E-state index in [1.54, 1.807) is 13.0 Å². The minimum absolute atomic E-state index is 0.435. The summed E-state index contributed by atoms with van der Waals surface area (Å²) in [5.74, 6) is -1.71. The molecule has 1 aliphatic heterocycles. The number of hydrogen-bond donors (Lipinski definition) is 1. The maximum atomic E-state index is 11.7. The molecule has 1 aromatic rings. The Labute approximate surface area is 129 Å². The van der Waals surface area contributed by atoms with Gasteiger partial charge in [0.25, 0.3) is 0 Å². The zero-order valence-electron chi connectivity index (χ0n) is 12.0. The lowest BCUT2D eigenvalue weighted by atomic mass is 9.93. The summed E-state index contributed by atoms with van der Waals surface area (Å²) in [6.45, 7) is 1.60. The van der Waals surface area contributed by atoms with E-state index in [0.717, 1.165) is 31.2 Å². The van der Waals surface area contributed by atoms with Crippen LogP contribution < -0.4 is 0 Å². The van der Waals surface area contributed by atoms with Crippen molar-refractivity contribution in [2.24, 2.45) is 0 Å². The molecule has 1 N–H and O–H groups in total. The summed E-state index contributed by atoms with van der Waals surface area (Å²) in [4.78, 5) is 11.7. The maximum Gasteiger partial charge on any atom is 0.338 e. The van der Waals surface area contributed by atoms with Crippen LogP contribution in [0.5, 0.6) is 0 Å². The van der Waals surface area contributed by atoms with Gasteiger partial charge in [-0.3, -0.25) is 0 Å². The van der Waals surface area contributed by atoms with Crippen LogP contribution in [0.2, 0.25) is 5.02 Å². The van der Waals surface area contributed by atoms with Crippen molar-refractivity contribution in [3.63, 3.8) is 0 Å². The van der Waals surface area contributed by atoms with Crippen molar-refractivity contribution in [1.29, 1.82) is 0 Å². The molecule has 0 amide bonds. The highest BCUT2D eigenvalue weighted by atomic mass is 35.5. The van der Waals surface area contributed by atoms with E-state index in [-0.39, 0.29) is 0 Å². The SMILES string of the molecule is C[C@@]1(C(=O)O)OC2(CCCC2)O[C@H]1Cc1ccccc1Cl. The van der Waals surface area contributed by atoms with Gasteiger partial charge >= 0.3 is 5.97 Å². The van der Waals surface area contributed by atoms with Crippen LogP contribution in [0.25, 0.3) is 0 Å². The van der Waals surface area contributed by atoms with E-state index in [9.17, 15) is 9.90 Å². The van der Waals surface area contributed by atoms with Gasteiger partial charge in [-0.15, -0.1) is 0 Å². The van der Waals surface area contributed by atoms with Crippen LogP contribution in [0.4, 0.5) is 0 Å². The first-order valence-electron chi connectivity index (χ1n) is 7.30. The van der Waals surface area contributed by atoms with Crippen molar-refractivity contribution in [3.05, 3.63) is 34.9 Å². The number of aliphatic carboxylic acids is 1. The smallest absolute Gasteiger partial charge is 0.338 e. The highest BCUT2D eigenvalue weighted by Crippen LogP contribution is 2.47. The first-order chi connectivity index (χ1) is 9.95. The van der Waals surface area contributed by atoms with Crippen molar-refractivity contribution in [3.8, 4) is 0 Å². The Morgan fingerprint density at radius 1 is 1.38 bits per heavy atom. The van der Waals surface area contributed by atoms with Crippen molar-refractivity contribution >= 4 is 17.6 Å². The topological polar surface area (TPSA) is 55.8 Å². The van der Waals surface area contributed by atoms with Crippen LogP contribution in [0.15, 0.2) is 24.3 Å². The van der Waals surface area contributed by atoms with Gasteiger partial charge in [-0.25, -0.2) is 4.79 Å². The average molecular weight is 311 g/mol. The Balaban J connectivity index is 1.88. The van der Waals surface area contributed by atoms with E-state index >= 15 is 0 Å². The fourth-order valence-corrected chi connectivity index (χ4v) is 3.48. The van der Waals surface area contributed by atoms with E-state index in [1.165, 1.54) is 0 Å². The zero-order valence-corrected chi connectivity index (χ0v) is 12.7. The Bertz CT molecular complexity index is 553. The second kappa shape index (κ2) is 5.27. The predicted octanol–water partition coefficient (Wildman–Crippen LogP) is 3.41. The fourth-order valence-electron chi connectivity index (χ4n) is 3.26. The van der Waals surface area contributed by atoms with Gasteiger partial charge in [0.1, 0.15) is 6.10 Å². The number of carboxylic acid groups (broad SMARTS) is 1. The van der Waals surface area contributed by atoms with Gasteiger partial charge < -0.3 is 14.6 Å². The van der Waals surface area contributed by atoms with Gasteiger partial charge in [0, 0.05) is 24.3 Å². The van der Waals surface area contributed by atoms with Crippen molar-refractivity contribution in [2.45, 2.75) is 56.5 Å².